The van der Waals surface area contributed by atoms with Crippen molar-refractivity contribution in [2.45, 2.75) is 24.2 Å². The second-order valence-corrected chi connectivity index (χ2v) is 5.24. The Morgan fingerprint density at radius 2 is 2.31 bits per heavy atom. The molecule has 0 spiro atoms. The van der Waals surface area contributed by atoms with Crippen molar-refractivity contribution in [2.75, 3.05) is 18.2 Å². The molecule has 2 rings (SSSR count). The monoisotopic (exact) mass is 259 g/mol. The highest BCUT2D eigenvalue weighted by atomic mass is 32.2. The highest BCUT2D eigenvalue weighted by molar-refractivity contribution is 7.98. The van der Waals surface area contributed by atoms with Crippen molar-refractivity contribution >= 4 is 34.3 Å². The number of urea groups is 1. The van der Waals surface area contributed by atoms with Crippen LogP contribution in [0.25, 0.3) is 0 Å². The molecule has 0 bridgehead atoms. The van der Waals surface area contributed by atoms with Gasteiger partial charge in [0.05, 0.1) is 6.04 Å². The lowest BCUT2D eigenvalue weighted by Crippen LogP contribution is -2.34. The fraction of sp³-hybridized carbons (Fsp3) is 0.556. The fourth-order valence-corrected chi connectivity index (χ4v) is 2.95. The van der Waals surface area contributed by atoms with Gasteiger partial charge in [-0.05, 0) is 24.7 Å². The van der Waals surface area contributed by atoms with Crippen LogP contribution >= 0.6 is 23.3 Å². The number of rotatable bonds is 2. The van der Waals surface area contributed by atoms with Crippen LogP contribution in [0.4, 0.5) is 9.80 Å². The van der Waals surface area contributed by atoms with Crippen LogP contribution in [0.1, 0.15) is 6.92 Å². The van der Waals surface area contributed by atoms with Crippen molar-refractivity contribution in [2.24, 2.45) is 0 Å². The Bertz CT molecular complexity index is 409. The van der Waals surface area contributed by atoms with Crippen LogP contribution in [0.5, 0.6) is 0 Å². The lowest BCUT2D eigenvalue weighted by atomic mass is 10.3. The smallest absolute Gasteiger partial charge is 0.327 e. The van der Waals surface area contributed by atoms with Gasteiger partial charge in [0.1, 0.15) is 10.0 Å². The molecular weight excluding hydrogens is 246 g/mol. The summed E-state index contributed by atoms with van der Waals surface area (Å²) in [4.78, 5) is 14.8. The van der Waals surface area contributed by atoms with Crippen molar-refractivity contribution in [3.8, 4) is 0 Å². The number of hydrogen-bond acceptors (Lipinski definition) is 5. The minimum absolute atomic E-state index is 0.184. The van der Waals surface area contributed by atoms with E-state index in [1.165, 1.54) is 33.1 Å². The summed E-state index contributed by atoms with van der Waals surface area (Å²) in [6, 6.07) is 1.44. The van der Waals surface area contributed by atoms with Crippen LogP contribution in [0.3, 0.4) is 0 Å². The van der Waals surface area contributed by atoms with Gasteiger partial charge in [-0.15, -0.1) is 11.8 Å². The summed E-state index contributed by atoms with van der Waals surface area (Å²) in [5.41, 5.74) is 0. The summed E-state index contributed by atoms with van der Waals surface area (Å²) in [5, 5.41) is 11.5. The van der Waals surface area contributed by atoms with Gasteiger partial charge in [0, 0.05) is 13.1 Å². The van der Waals surface area contributed by atoms with Gasteiger partial charge in [0.25, 0.3) is 0 Å². The van der Waals surface area contributed by atoms with Crippen molar-refractivity contribution < 1.29 is 9.90 Å². The first-order valence-electron chi connectivity index (χ1n) is 4.81. The Balaban J connectivity index is 2.30. The molecule has 88 valence electrons. The van der Waals surface area contributed by atoms with E-state index < -0.39 is 6.23 Å². The maximum atomic E-state index is 11.9. The minimum atomic E-state index is -0.798. The van der Waals surface area contributed by atoms with E-state index >= 15 is 0 Å². The summed E-state index contributed by atoms with van der Waals surface area (Å²) < 4.78 is 4.18. The molecule has 2 atom stereocenters. The van der Waals surface area contributed by atoms with Crippen LogP contribution in [0, 0.1) is 0 Å². The van der Waals surface area contributed by atoms with Gasteiger partial charge in [-0.1, -0.05) is 0 Å². The van der Waals surface area contributed by atoms with E-state index in [9.17, 15) is 9.90 Å². The third-order valence-electron chi connectivity index (χ3n) is 2.74. The van der Waals surface area contributed by atoms with Crippen LogP contribution in [-0.2, 0) is 0 Å². The lowest BCUT2D eigenvalue weighted by Gasteiger charge is -2.17. The normalized spacial score (nSPS) is 25.6. The molecule has 1 aliphatic heterocycles. The van der Waals surface area contributed by atoms with E-state index in [0.29, 0.717) is 5.00 Å². The zero-order chi connectivity index (χ0) is 11.9. The van der Waals surface area contributed by atoms with Gasteiger partial charge < -0.3 is 10.0 Å². The largest absolute Gasteiger partial charge is 0.371 e. The second kappa shape index (κ2) is 4.23. The molecule has 2 heterocycles. The predicted octanol–water partition coefficient (Wildman–Crippen LogP) is 1.44. The summed E-state index contributed by atoms with van der Waals surface area (Å²) in [6.07, 6.45) is 1.13. The molecule has 1 aromatic rings. The minimum Gasteiger partial charge on any atom is -0.371 e. The highest BCUT2D eigenvalue weighted by Crippen LogP contribution is 2.32. The topological polar surface area (TPSA) is 56.7 Å². The lowest BCUT2D eigenvalue weighted by molar-refractivity contribution is 0.138. The van der Waals surface area contributed by atoms with Gasteiger partial charge in [-0.3, -0.25) is 4.90 Å². The number of carbonyl (C=O) groups is 1. The molecule has 1 saturated heterocycles. The SMILES string of the molecule is CSc1cc(N2C(=O)N(C)[C@@H](C)[C@H]2O)sn1. The van der Waals surface area contributed by atoms with E-state index in [0.717, 1.165) is 5.03 Å². The molecule has 1 N–H and O–H groups in total. The molecule has 1 aromatic heterocycles. The second-order valence-electron chi connectivity index (χ2n) is 3.63. The summed E-state index contributed by atoms with van der Waals surface area (Å²) in [6.45, 7) is 1.82. The van der Waals surface area contributed by atoms with Crippen LogP contribution in [-0.4, -0.2) is 46.0 Å². The quantitative estimate of drug-likeness (QED) is 0.817. The van der Waals surface area contributed by atoms with Gasteiger partial charge in [-0.2, -0.15) is 4.37 Å². The zero-order valence-corrected chi connectivity index (χ0v) is 10.9. The number of anilines is 1. The van der Waals surface area contributed by atoms with Crippen LogP contribution in [0.2, 0.25) is 0 Å². The molecule has 5 nitrogen and oxygen atoms in total. The van der Waals surface area contributed by atoms with E-state index in [1.54, 1.807) is 7.05 Å². The van der Waals surface area contributed by atoms with Crippen LogP contribution in [0.15, 0.2) is 11.1 Å². The maximum absolute atomic E-state index is 11.9. The molecule has 0 saturated carbocycles. The molecule has 1 fully saturated rings. The van der Waals surface area contributed by atoms with E-state index in [-0.39, 0.29) is 12.1 Å². The summed E-state index contributed by atoms with van der Waals surface area (Å²) >= 11 is 2.75. The van der Waals surface area contributed by atoms with Gasteiger partial charge in [0.15, 0.2) is 6.23 Å². The van der Waals surface area contributed by atoms with Gasteiger partial charge in [-0.25, -0.2) is 4.79 Å². The molecule has 16 heavy (non-hydrogen) atoms. The average Bonchev–Trinajstić information content (AvgIpc) is 2.81. The van der Waals surface area contributed by atoms with E-state index in [1.807, 2.05) is 19.2 Å². The Labute approximate surface area is 102 Å². The number of thioether (sulfide) groups is 1. The first-order chi connectivity index (χ1) is 7.56. The standard InChI is InChI=1S/C9H13N3O2S2/c1-5-8(13)12(9(14)11(5)2)7-4-6(15-3)10-16-7/h4-5,8,13H,1-3H3/t5-,8+/m0/s1. The number of hydrogen-bond donors (Lipinski definition) is 1. The third-order valence-corrected chi connectivity index (χ3v) is 4.27. The average molecular weight is 259 g/mol. The third kappa shape index (κ3) is 1.68. The van der Waals surface area contributed by atoms with Crippen molar-refractivity contribution in [3.63, 3.8) is 0 Å². The number of aliphatic hydroxyl groups is 1. The van der Waals surface area contributed by atoms with Gasteiger partial charge >= 0.3 is 6.03 Å². The Kier molecular flexibility index (Phi) is 3.09. The highest BCUT2D eigenvalue weighted by Gasteiger charge is 2.41. The Hall–Kier alpha value is -0.790. The zero-order valence-electron chi connectivity index (χ0n) is 9.25. The maximum Gasteiger partial charge on any atom is 0.327 e. The Morgan fingerprint density at radius 3 is 2.75 bits per heavy atom. The number of aromatic nitrogens is 1. The molecule has 0 aliphatic carbocycles. The Morgan fingerprint density at radius 1 is 1.62 bits per heavy atom. The van der Waals surface area contributed by atoms with E-state index in [4.69, 9.17) is 0 Å². The first kappa shape index (κ1) is 11.7. The fourth-order valence-electron chi connectivity index (χ4n) is 1.56. The first-order valence-corrected chi connectivity index (χ1v) is 6.81. The molecule has 0 aromatic carbocycles. The number of carbonyl (C=O) groups excluding carboxylic acids is 1. The van der Waals surface area contributed by atoms with Crippen LogP contribution < -0.4 is 4.90 Å². The molecule has 0 radical (unpaired) electrons. The number of likely N-dealkylation sites (N-methyl/N-ethyl adjacent to an activating group) is 1. The summed E-state index contributed by atoms with van der Waals surface area (Å²) in [7, 11) is 1.69. The molecule has 1 aliphatic rings. The number of amides is 2. The van der Waals surface area contributed by atoms with E-state index in [2.05, 4.69) is 4.37 Å². The molecule has 2 amide bonds. The number of nitrogens with zero attached hydrogens (tertiary/aromatic N) is 3. The van der Waals surface area contributed by atoms with Crippen molar-refractivity contribution in [1.82, 2.24) is 9.27 Å². The number of aliphatic hydroxyl groups excluding tert-OH is 1. The van der Waals surface area contributed by atoms with Gasteiger partial charge in [0.2, 0.25) is 0 Å². The molecule has 7 heteroatoms. The predicted molar refractivity (Wildman–Crippen MR) is 65.0 cm³/mol. The van der Waals surface area contributed by atoms with Crippen molar-refractivity contribution in [1.29, 1.82) is 0 Å². The molecular formula is C9H13N3O2S2. The summed E-state index contributed by atoms with van der Waals surface area (Å²) in [5.74, 6) is 0. The van der Waals surface area contributed by atoms with Crippen molar-refractivity contribution in [3.05, 3.63) is 6.07 Å². The molecule has 0 unspecified atom stereocenters.